The molecular formula is C13H23NO5P+. The molecule has 2 unspecified atom stereocenters. The van der Waals surface area contributed by atoms with Crippen molar-refractivity contribution in [1.82, 2.24) is 0 Å². The Balaban J connectivity index is 5.24. The number of carboxylic acid groups (broad SMARTS) is 1. The van der Waals surface area contributed by atoms with E-state index in [0.717, 1.165) is 12.2 Å². The van der Waals surface area contributed by atoms with Crippen molar-refractivity contribution in [3.63, 3.8) is 0 Å². The lowest BCUT2D eigenvalue weighted by Gasteiger charge is -2.28. The Morgan fingerprint density at radius 3 is 2.20 bits per heavy atom. The molecule has 0 spiro atoms. The van der Waals surface area contributed by atoms with E-state index in [0.29, 0.717) is 22.5 Å². The molecule has 0 radical (unpaired) electrons. The minimum absolute atomic E-state index is 0.331. The number of hydrogen-bond donors (Lipinski definition) is 1. The van der Waals surface area contributed by atoms with Crippen LogP contribution in [-0.4, -0.2) is 60.4 Å². The molecule has 1 N–H and O–H groups in total. The molecule has 0 fully saturated rings. The molecular weight excluding hydrogens is 281 g/mol. The number of aliphatic carboxylic acids is 1. The Hall–Kier alpha value is -1.23. The number of carbonyl (C=O) groups excluding carboxylic acids is 1. The second-order valence-corrected chi connectivity index (χ2v) is 6.92. The van der Waals surface area contributed by atoms with E-state index in [9.17, 15) is 14.5 Å². The molecule has 0 aliphatic heterocycles. The van der Waals surface area contributed by atoms with Crippen LogP contribution in [0.1, 0.15) is 20.3 Å². The zero-order valence-electron chi connectivity index (χ0n) is 12.6. The summed E-state index contributed by atoms with van der Waals surface area (Å²) >= 11 is 0. The summed E-state index contributed by atoms with van der Waals surface area (Å²) in [5.41, 5.74) is 0.641. The summed E-state index contributed by atoms with van der Waals surface area (Å²) in [6.45, 7) is 3.64. The fourth-order valence-electron chi connectivity index (χ4n) is 1.73. The van der Waals surface area contributed by atoms with Gasteiger partial charge in [0.05, 0.1) is 21.1 Å². The van der Waals surface area contributed by atoms with Crippen molar-refractivity contribution in [3.05, 3.63) is 12.2 Å². The first-order valence-corrected chi connectivity index (χ1v) is 7.83. The van der Waals surface area contributed by atoms with Gasteiger partial charge in [0.25, 0.3) is 0 Å². The molecule has 0 aromatic carbocycles. The number of esters is 1. The van der Waals surface area contributed by atoms with Gasteiger partial charge in [0.15, 0.2) is 0 Å². The van der Waals surface area contributed by atoms with Crippen LogP contribution in [0, 0.1) is 0 Å². The van der Waals surface area contributed by atoms with E-state index < -0.39 is 25.8 Å². The fourth-order valence-corrected chi connectivity index (χ4v) is 3.28. The molecule has 0 heterocycles. The van der Waals surface area contributed by atoms with Crippen LogP contribution in [0.3, 0.4) is 0 Å². The average Bonchev–Trinajstić information content (AvgIpc) is 2.33. The summed E-state index contributed by atoms with van der Waals surface area (Å²) in [5.74, 6) is -1.96. The molecule has 6 nitrogen and oxygen atoms in total. The fraction of sp³-hybridized carbons (Fsp3) is 0.615. The minimum Gasteiger partial charge on any atom is -0.626 e. The van der Waals surface area contributed by atoms with Crippen molar-refractivity contribution in [2.45, 2.75) is 26.4 Å². The minimum atomic E-state index is -1.61. The summed E-state index contributed by atoms with van der Waals surface area (Å²) in [4.78, 5) is 34.1. The highest BCUT2D eigenvalue weighted by atomic mass is 31.1. The van der Waals surface area contributed by atoms with Gasteiger partial charge in [-0.15, -0.1) is 0 Å². The van der Waals surface area contributed by atoms with Crippen LogP contribution in [-0.2, 0) is 14.3 Å². The van der Waals surface area contributed by atoms with Crippen molar-refractivity contribution < 1.29 is 28.8 Å². The first kappa shape index (κ1) is 18.8. The smallest absolute Gasteiger partial charge is 0.331 e. The number of carboxylic acids is 1. The summed E-state index contributed by atoms with van der Waals surface area (Å²) in [6, 6.07) is 0. The lowest BCUT2D eigenvalue weighted by atomic mass is 10.2. The van der Waals surface area contributed by atoms with Gasteiger partial charge in [-0.1, -0.05) is 6.92 Å². The van der Waals surface area contributed by atoms with Gasteiger partial charge in [-0.25, -0.2) is 9.59 Å². The number of likely N-dealkylation sites (N-methyl/N-ethyl adjacent to an activating group) is 1. The maximum absolute atomic E-state index is 12.2. The second kappa shape index (κ2) is 8.15. The van der Waals surface area contributed by atoms with E-state index in [1.807, 2.05) is 35.0 Å². The lowest BCUT2D eigenvalue weighted by molar-refractivity contribution is -0.777. The normalized spacial score (nSPS) is 14.9. The highest BCUT2D eigenvalue weighted by Crippen LogP contribution is 2.23. The molecule has 0 aromatic heterocycles. The zero-order chi connectivity index (χ0) is 15.9. The van der Waals surface area contributed by atoms with Crippen LogP contribution in [0.4, 0.5) is 0 Å². The Labute approximate surface area is 120 Å². The van der Waals surface area contributed by atoms with Gasteiger partial charge >= 0.3 is 17.4 Å². The topological polar surface area (TPSA) is 86.7 Å². The molecule has 7 heteroatoms. The first-order chi connectivity index (χ1) is 9.13. The maximum atomic E-state index is 12.2. The van der Waals surface area contributed by atoms with Crippen LogP contribution in [0.2, 0.25) is 0 Å². The van der Waals surface area contributed by atoms with E-state index in [1.54, 1.807) is 0 Å². The average molecular weight is 304 g/mol. The molecule has 0 aliphatic rings. The third kappa shape index (κ3) is 6.28. The largest absolute Gasteiger partial charge is 0.626 e. The SMILES string of the molecule is CCC(OC(=O)/C=C/C(=O)O)C(=[P+]([O-])CC)[N+](C)(C)C. The lowest BCUT2D eigenvalue weighted by Crippen LogP contribution is -2.49. The van der Waals surface area contributed by atoms with Gasteiger partial charge in [0.2, 0.25) is 6.10 Å². The number of rotatable bonds is 7. The molecule has 20 heavy (non-hydrogen) atoms. The van der Waals surface area contributed by atoms with Gasteiger partial charge in [0, 0.05) is 12.2 Å². The standard InChI is InChI=1S/C13H22NO5P/c1-6-10(19-12(17)9-8-11(15)16)13(14(3,4)5)20(18)7-2/h8-10H,6-7H2,1-5H3/p+1/b9-8+. The van der Waals surface area contributed by atoms with Crippen LogP contribution >= 0.6 is 7.77 Å². The predicted molar refractivity (Wildman–Crippen MR) is 77.4 cm³/mol. The Morgan fingerprint density at radius 2 is 1.85 bits per heavy atom. The Kier molecular flexibility index (Phi) is 7.64. The van der Waals surface area contributed by atoms with Crippen molar-refractivity contribution in [2.24, 2.45) is 0 Å². The number of carbonyl (C=O) groups is 2. The van der Waals surface area contributed by atoms with Gasteiger partial charge in [-0.05, 0) is 13.3 Å². The number of hydrogen-bond acceptors (Lipinski definition) is 4. The van der Waals surface area contributed by atoms with E-state index in [1.165, 1.54) is 0 Å². The summed E-state index contributed by atoms with van der Waals surface area (Å²) < 4.78 is 5.57. The molecule has 2 atom stereocenters. The zero-order valence-corrected chi connectivity index (χ0v) is 13.5. The third-order valence-electron chi connectivity index (χ3n) is 2.51. The quantitative estimate of drug-likeness (QED) is 0.321. The summed E-state index contributed by atoms with van der Waals surface area (Å²) in [6.07, 6.45) is 1.94. The Morgan fingerprint density at radius 1 is 1.30 bits per heavy atom. The van der Waals surface area contributed by atoms with E-state index in [4.69, 9.17) is 9.84 Å². The van der Waals surface area contributed by atoms with Gasteiger partial charge < -0.3 is 14.7 Å². The van der Waals surface area contributed by atoms with E-state index >= 15 is 0 Å². The highest BCUT2D eigenvalue weighted by molar-refractivity contribution is 7.51. The second-order valence-electron chi connectivity index (χ2n) is 5.07. The van der Waals surface area contributed by atoms with Crippen molar-refractivity contribution in [2.75, 3.05) is 27.3 Å². The number of quaternary nitrogens is 1. The van der Waals surface area contributed by atoms with E-state index in [2.05, 4.69) is 0 Å². The van der Waals surface area contributed by atoms with Gasteiger partial charge in [-0.3, -0.25) is 4.48 Å². The van der Waals surface area contributed by atoms with E-state index in [-0.39, 0.29) is 0 Å². The van der Waals surface area contributed by atoms with Crippen LogP contribution in [0.5, 0.6) is 0 Å². The van der Waals surface area contributed by atoms with Gasteiger partial charge in [-0.2, -0.15) is 0 Å². The monoisotopic (exact) mass is 304 g/mol. The molecule has 0 aliphatic carbocycles. The van der Waals surface area contributed by atoms with Crippen LogP contribution in [0.15, 0.2) is 12.2 Å². The maximum Gasteiger partial charge on any atom is 0.331 e. The van der Waals surface area contributed by atoms with Crippen molar-refractivity contribution >= 4 is 25.1 Å². The third-order valence-corrected chi connectivity index (χ3v) is 4.48. The molecule has 114 valence electrons. The molecule has 0 saturated carbocycles. The summed E-state index contributed by atoms with van der Waals surface area (Å²) in [7, 11) is 3.98. The number of nitrogens with zero attached hydrogens (tertiary/aromatic N) is 1. The van der Waals surface area contributed by atoms with Gasteiger partial charge in [0.1, 0.15) is 13.9 Å². The molecule has 0 aromatic rings. The molecule has 0 saturated heterocycles. The van der Waals surface area contributed by atoms with Crippen molar-refractivity contribution in [3.8, 4) is 0 Å². The molecule has 0 rings (SSSR count). The Bertz CT molecular complexity index is 423. The van der Waals surface area contributed by atoms with Crippen LogP contribution < -0.4 is 4.89 Å². The molecule has 0 bridgehead atoms. The predicted octanol–water partition coefficient (Wildman–Crippen LogP) is 0.562. The first-order valence-electron chi connectivity index (χ1n) is 6.38. The van der Waals surface area contributed by atoms with Crippen LogP contribution in [0.25, 0.3) is 0 Å². The highest BCUT2D eigenvalue weighted by Gasteiger charge is 2.36. The summed E-state index contributed by atoms with van der Waals surface area (Å²) in [5, 5.41) is 8.47. The van der Waals surface area contributed by atoms with Crippen molar-refractivity contribution in [1.29, 1.82) is 0 Å². The number of ether oxygens (including phenoxy) is 1. The molecule has 0 amide bonds.